The van der Waals surface area contributed by atoms with E-state index in [1.807, 2.05) is 37.3 Å². The van der Waals surface area contributed by atoms with Gasteiger partial charge in [-0.05, 0) is 19.4 Å². The van der Waals surface area contributed by atoms with E-state index < -0.39 is 0 Å². The molecular weight excluding hydrogens is 168 g/mol. The highest BCUT2D eigenvalue weighted by atomic mass is 13.9. The fraction of sp³-hybridized carbons (Fsp3) is 0.143. The van der Waals surface area contributed by atoms with E-state index >= 15 is 0 Å². The van der Waals surface area contributed by atoms with Crippen LogP contribution in [-0.4, -0.2) is 0 Å². The van der Waals surface area contributed by atoms with Crippen LogP contribution in [0.15, 0.2) is 54.6 Å². The molecule has 0 aliphatic rings. The molecule has 0 aliphatic heterocycles. The van der Waals surface area contributed by atoms with Crippen LogP contribution in [0.25, 0.3) is 6.08 Å². The number of hydrogen-bond donors (Lipinski definition) is 0. The van der Waals surface area contributed by atoms with Crippen LogP contribution in [-0.2, 0) is 0 Å². The average molecular weight is 184 g/mol. The molecule has 0 N–H and O–H groups in total. The molecule has 72 valence electrons. The maximum atomic E-state index is 2.12. The minimum absolute atomic E-state index is 1.24. The van der Waals surface area contributed by atoms with E-state index in [1.54, 1.807) is 0 Å². The summed E-state index contributed by atoms with van der Waals surface area (Å²) in [5.41, 5.74) is 2.53. The van der Waals surface area contributed by atoms with Crippen LogP contribution < -0.4 is 0 Å². The Morgan fingerprint density at radius 3 is 2.14 bits per heavy atom. The molecule has 0 nitrogen and oxygen atoms in total. The van der Waals surface area contributed by atoms with E-state index in [0.717, 1.165) is 0 Å². The van der Waals surface area contributed by atoms with Crippen LogP contribution in [0.2, 0.25) is 0 Å². The van der Waals surface area contributed by atoms with Crippen molar-refractivity contribution in [2.45, 2.75) is 13.8 Å². The Morgan fingerprint density at radius 1 is 0.857 bits per heavy atom. The molecule has 0 saturated heterocycles. The van der Waals surface area contributed by atoms with Crippen LogP contribution >= 0.6 is 0 Å². The first-order valence-electron chi connectivity index (χ1n) is 4.85. The predicted octanol–water partition coefficient (Wildman–Crippen LogP) is 4.14. The average Bonchev–Trinajstić information content (AvgIpc) is 2.21. The minimum Gasteiger partial charge on any atom is -0.0877 e. The number of hydrogen-bond acceptors (Lipinski definition) is 0. The third-order valence-corrected chi connectivity index (χ3v) is 1.89. The van der Waals surface area contributed by atoms with Gasteiger partial charge in [-0.1, -0.05) is 66.3 Å². The lowest BCUT2D eigenvalue weighted by Gasteiger charge is -1.92. The van der Waals surface area contributed by atoms with E-state index in [0.29, 0.717) is 0 Å². The van der Waals surface area contributed by atoms with Gasteiger partial charge in [0.05, 0.1) is 0 Å². The Morgan fingerprint density at radius 2 is 1.50 bits per heavy atom. The standard InChI is InChI=1S/C14H16/c1-3-4-5-6-7-8-14-11-9-13(2)10-12-14/h3-12H,1-2H3/b4-3?,6-5?,8-7+. The molecule has 1 aromatic carbocycles. The fourth-order valence-corrected chi connectivity index (χ4v) is 1.08. The maximum absolute atomic E-state index is 2.12. The second-order valence-electron chi connectivity index (χ2n) is 3.18. The number of benzene rings is 1. The van der Waals surface area contributed by atoms with Gasteiger partial charge in [-0.25, -0.2) is 0 Å². The molecule has 0 saturated carbocycles. The largest absolute Gasteiger partial charge is 0.0877 e. The third-order valence-electron chi connectivity index (χ3n) is 1.89. The maximum Gasteiger partial charge on any atom is -0.0256 e. The Kier molecular flexibility index (Phi) is 4.49. The molecule has 0 spiro atoms. The number of aryl methyl sites for hydroxylation is 1. The van der Waals surface area contributed by atoms with E-state index in [2.05, 4.69) is 37.3 Å². The molecule has 0 radical (unpaired) electrons. The van der Waals surface area contributed by atoms with E-state index in [4.69, 9.17) is 0 Å². The molecule has 1 rings (SSSR count). The zero-order chi connectivity index (χ0) is 10.2. The first-order chi connectivity index (χ1) is 6.83. The monoisotopic (exact) mass is 184 g/mol. The summed E-state index contributed by atoms with van der Waals surface area (Å²) in [4.78, 5) is 0. The van der Waals surface area contributed by atoms with Gasteiger partial charge < -0.3 is 0 Å². The SMILES string of the molecule is CC=CC=C/C=C/c1ccc(C)cc1. The molecule has 14 heavy (non-hydrogen) atoms. The number of allylic oxidation sites excluding steroid dienone is 5. The summed E-state index contributed by atoms with van der Waals surface area (Å²) in [6.45, 7) is 4.10. The van der Waals surface area contributed by atoms with Crippen molar-refractivity contribution < 1.29 is 0 Å². The summed E-state index contributed by atoms with van der Waals surface area (Å²) in [6, 6.07) is 8.48. The highest BCUT2D eigenvalue weighted by Crippen LogP contribution is 2.04. The Hall–Kier alpha value is -1.56. The summed E-state index contributed by atoms with van der Waals surface area (Å²) in [5.74, 6) is 0. The summed E-state index contributed by atoms with van der Waals surface area (Å²) in [6.07, 6.45) is 12.2. The lowest BCUT2D eigenvalue weighted by Crippen LogP contribution is -1.72. The molecule has 0 bridgehead atoms. The van der Waals surface area contributed by atoms with Crippen molar-refractivity contribution >= 4 is 6.08 Å². The molecule has 0 fully saturated rings. The Labute approximate surface area is 86.3 Å². The minimum atomic E-state index is 1.24. The van der Waals surface area contributed by atoms with Crippen LogP contribution in [0.5, 0.6) is 0 Å². The molecular formula is C14H16. The third kappa shape index (κ3) is 3.90. The normalized spacial score (nSPS) is 12.1. The van der Waals surface area contributed by atoms with E-state index in [-0.39, 0.29) is 0 Å². The van der Waals surface area contributed by atoms with Gasteiger partial charge in [0.2, 0.25) is 0 Å². The Bertz CT molecular complexity index is 337. The molecule has 0 heterocycles. The molecule has 0 unspecified atom stereocenters. The van der Waals surface area contributed by atoms with E-state index in [1.165, 1.54) is 11.1 Å². The van der Waals surface area contributed by atoms with Gasteiger partial charge in [0.1, 0.15) is 0 Å². The molecule has 1 aromatic rings. The zero-order valence-corrected chi connectivity index (χ0v) is 8.77. The van der Waals surface area contributed by atoms with Gasteiger partial charge >= 0.3 is 0 Å². The second-order valence-corrected chi connectivity index (χ2v) is 3.18. The predicted molar refractivity (Wildman–Crippen MR) is 64.2 cm³/mol. The lowest BCUT2D eigenvalue weighted by molar-refractivity contribution is 1.46. The Balaban J connectivity index is 2.56. The fourth-order valence-electron chi connectivity index (χ4n) is 1.08. The molecule has 0 atom stereocenters. The van der Waals surface area contributed by atoms with Crippen molar-refractivity contribution in [1.82, 2.24) is 0 Å². The van der Waals surface area contributed by atoms with Crippen molar-refractivity contribution in [3.8, 4) is 0 Å². The first kappa shape index (κ1) is 10.5. The molecule has 0 aromatic heterocycles. The van der Waals surface area contributed by atoms with Gasteiger partial charge in [-0.2, -0.15) is 0 Å². The van der Waals surface area contributed by atoms with Crippen molar-refractivity contribution in [2.24, 2.45) is 0 Å². The van der Waals surface area contributed by atoms with Crippen molar-refractivity contribution in [1.29, 1.82) is 0 Å². The summed E-state index contributed by atoms with van der Waals surface area (Å²) >= 11 is 0. The smallest absolute Gasteiger partial charge is 0.0256 e. The van der Waals surface area contributed by atoms with E-state index in [9.17, 15) is 0 Å². The van der Waals surface area contributed by atoms with Gasteiger partial charge in [-0.3, -0.25) is 0 Å². The van der Waals surface area contributed by atoms with Gasteiger partial charge in [-0.15, -0.1) is 0 Å². The van der Waals surface area contributed by atoms with Crippen LogP contribution in [0.3, 0.4) is 0 Å². The van der Waals surface area contributed by atoms with Crippen LogP contribution in [0, 0.1) is 6.92 Å². The van der Waals surface area contributed by atoms with Crippen molar-refractivity contribution in [2.75, 3.05) is 0 Å². The topological polar surface area (TPSA) is 0 Å². The summed E-state index contributed by atoms with van der Waals surface area (Å²) < 4.78 is 0. The van der Waals surface area contributed by atoms with Crippen molar-refractivity contribution in [3.05, 3.63) is 65.8 Å². The van der Waals surface area contributed by atoms with Gasteiger partial charge in [0.15, 0.2) is 0 Å². The second kappa shape index (κ2) is 5.98. The van der Waals surface area contributed by atoms with Gasteiger partial charge in [0, 0.05) is 0 Å². The quantitative estimate of drug-likeness (QED) is 0.619. The van der Waals surface area contributed by atoms with Crippen LogP contribution in [0.4, 0.5) is 0 Å². The summed E-state index contributed by atoms with van der Waals surface area (Å²) in [5, 5.41) is 0. The highest BCUT2D eigenvalue weighted by molar-refractivity contribution is 5.51. The molecule has 0 amide bonds. The molecule has 0 heteroatoms. The lowest BCUT2D eigenvalue weighted by atomic mass is 10.1. The highest BCUT2D eigenvalue weighted by Gasteiger charge is 1.83. The molecule has 0 aliphatic carbocycles. The zero-order valence-electron chi connectivity index (χ0n) is 8.77. The van der Waals surface area contributed by atoms with Crippen molar-refractivity contribution in [3.63, 3.8) is 0 Å². The van der Waals surface area contributed by atoms with Crippen LogP contribution in [0.1, 0.15) is 18.1 Å². The van der Waals surface area contributed by atoms with Gasteiger partial charge in [0.25, 0.3) is 0 Å². The summed E-state index contributed by atoms with van der Waals surface area (Å²) in [7, 11) is 0. The number of rotatable bonds is 3. The first-order valence-corrected chi connectivity index (χ1v) is 4.85.